The Balaban J connectivity index is 0.000000372. The second-order valence-electron chi connectivity index (χ2n) is 5.32. The van der Waals surface area contributed by atoms with Gasteiger partial charge < -0.3 is 24.8 Å². The van der Waals surface area contributed by atoms with Crippen molar-refractivity contribution >= 4 is 16.4 Å². The number of allylic oxidation sites excluding steroid dienone is 2. The molecule has 4 rings (SSSR count). The largest absolute Gasteiger partial charge is 1.00 e. The predicted molar refractivity (Wildman–Crippen MR) is 92.2 cm³/mol. The van der Waals surface area contributed by atoms with Crippen molar-refractivity contribution in [3.63, 3.8) is 0 Å². The smallest absolute Gasteiger partial charge is 1.00 e. The topological polar surface area (TPSA) is 0 Å². The minimum atomic E-state index is 0. The fourth-order valence-corrected chi connectivity index (χ4v) is 2.68. The third kappa shape index (κ3) is 5.66. The number of halogens is 2. The first kappa shape index (κ1) is 23.3. The summed E-state index contributed by atoms with van der Waals surface area (Å²) in [5, 5.41) is 0. The van der Waals surface area contributed by atoms with E-state index in [0.717, 1.165) is 0 Å². The average Bonchev–Trinajstić information content (AvgIpc) is 3.15. The van der Waals surface area contributed by atoms with Crippen molar-refractivity contribution in [2.75, 3.05) is 0 Å². The Kier molecular flexibility index (Phi) is 11.4. The van der Waals surface area contributed by atoms with Gasteiger partial charge in [0.25, 0.3) is 0 Å². The van der Waals surface area contributed by atoms with Crippen LogP contribution in [0.25, 0.3) is 12.2 Å². The summed E-state index contributed by atoms with van der Waals surface area (Å²) in [5.74, 6) is 0.993. The van der Waals surface area contributed by atoms with Crippen LogP contribution >= 0.6 is 0 Å². The molecule has 0 amide bonds. The summed E-state index contributed by atoms with van der Waals surface area (Å²) in [7, 11) is 0. The van der Waals surface area contributed by atoms with E-state index in [1.54, 1.807) is 0 Å². The Morgan fingerprint density at radius 3 is 1.38 bits per heavy atom. The Bertz CT molecular complexity index is 632. The van der Waals surface area contributed by atoms with Gasteiger partial charge in [0.2, 0.25) is 0 Å². The van der Waals surface area contributed by atoms with E-state index in [2.05, 4.69) is 90.9 Å². The Morgan fingerprint density at radius 1 is 0.708 bits per heavy atom. The molecule has 0 aliphatic heterocycles. The molecule has 0 radical (unpaired) electrons. The van der Waals surface area contributed by atoms with Gasteiger partial charge in [-0.3, -0.25) is 12.2 Å². The van der Waals surface area contributed by atoms with Gasteiger partial charge in [0.15, 0.2) is 0 Å². The fraction of sp³-hybridized carbons (Fsp3) is 0.190. The van der Waals surface area contributed by atoms with Crippen molar-refractivity contribution in [1.29, 1.82) is 0 Å². The van der Waals surface area contributed by atoms with Gasteiger partial charge in [-0.05, 0) is 0 Å². The first-order valence-corrected chi connectivity index (χ1v) is 9.21. The summed E-state index contributed by atoms with van der Waals surface area (Å²) in [5.41, 5.74) is 5.47. The molecule has 2 atom stereocenters. The van der Waals surface area contributed by atoms with Crippen molar-refractivity contribution in [2.45, 2.75) is 25.7 Å². The van der Waals surface area contributed by atoms with E-state index < -0.39 is 0 Å². The van der Waals surface area contributed by atoms with Gasteiger partial charge in [-0.2, -0.15) is 11.1 Å². The summed E-state index contributed by atoms with van der Waals surface area (Å²) < 4.78 is 3.34. The van der Waals surface area contributed by atoms with Crippen LogP contribution in [-0.2, 0) is 24.2 Å². The second kappa shape index (κ2) is 11.7. The molecule has 2 aromatic rings. The standard InChI is InChI=1S/2C10H9.CH2.2ClH.Zr/c2*1-8-6-7-9-4-2-3-5-10(8)9;;;;/h2*2-5,7-8H,1H3;1H2;2*1H;/q2*-1;;;;+2/p-2/t2*8-;;;;/m10..../s1. The van der Waals surface area contributed by atoms with Gasteiger partial charge in [-0.15, -0.1) is 23.3 Å². The molecule has 0 spiro atoms. The van der Waals surface area contributed by atoms with Crippen LogP contribution in [-0.4, -0.2) is 4.21 Å². The third-order valence-corrected chi connectivity index (χ3v) is 3.90. The maximum Gasteiger partial charge on any atom is -1.00 e. The molecule has 0 saturated heterocycles. The average molecular weight is 435 g/mol. The molecule has 0 saturated carbocycles. The minimum absolute atomic E-state index is 0. The van der Waals surface area contributed by atoms with Crippen LogP contribution < -0.4 is 24.8 Å². The molecule has 2 aliphatic carbocycles. The van der Waals surface area contributed by atoms with Crippen LogP contribution in [0.1, 0.15) is 47.9 Å². The first-order chi connectivity index (χ1) is 10.8. The number of rotatable bonds is 0. The molecule has 3 heteroatoms. The van der Waals surface area contributed by atoms with Crippen LogP contribution in [0.3, 0.4) is 0 Å². The van der Waals surface area contributed by atoms with Crippen molar-refractivity contribution in [3.05, 3.63) is 82.9 Å². The molecule has 124 valence electrons. The Labute approximate surface area is 173 Å². The molecule has 0 unspecified atom stereocenters. The molecule has 2 aromatic carbocycles. The minimum Gasteiger partial charge on any atom is -1.00 e. The number of hydrogen-bond donors (Lipinski definition) is 0. The maximum atomic E-state index is 3.34. The monoisotopic (exact) mass is 432 g/mol. The van der Waals surface area contributed by atoms with Gasteiger partial charge in [0.05, 0.1) is 0 Å². The summed E-state index contributed by atoms with van der Waals surface area (Å²) >= 11 is 1.30. The SMILES string of the molecule is C[C@@H]1[C-]=Cc2ccccc21.C[C@H]1[C-]=Cc2ccccc21.[CH2]=[Zr+2].[Cl-].[Cl-]. The maximum absolute atomic E-state index is 3.34. The van der Waals surface area contributed by atoms with E-state index in [4.69, 9.17) is 0 Å². The van der Waals surface area contributed by atoms with E-state index in [-0.39, 0.29) is 24.8 Å². The second-order valence-corrected chi connectivity index (χ2v) is 5.32. The Hall–Kier alpha value is -0.747. The summed E-state index contributed by atoms with van der Waals surface area (Å²) in [6, 6.07) is 16.9. The van der Waals surface area contributed by atoms with Crippen LogP contribution in [0.5, 0.6) is 0 Å². The van der Waals surface area contributed by atoms with Gasteiger partial charge in [-0.1, -0.05) is 62.1 Å². The van der Waals surface area contributed by atoms with Gasteiger partial charge in [0.1, 0.15) is 0 Å². The van der Waals surface area contributed by atoms with E-state index in [0.29, 0.717) is 11.8 Å². The van der Waals surface area contributed by atoms with Gasteiger partial charge >= 0.3 is 28.4 Å². The quantitative estimate of drug-likeness (QED) is 0.477. The summed E-state index contributed by atoms with van der Waals surface area (Å²) in [6.07, 6.45) is 10.7. The summed E-state index contributed by atoms with van der Waals surface area (Å²) in [6.45, 7) is 4.34. The van der Waals surface area contributed by atoms with Gasteiger partial charge in [-0.25, -0.2) is 12.2 Å². The van der Waals surface area contributed by atoms with E-state index in [9.17, 15) is 0 Å². The van der Waals surface area contributed by atoms with Crippen molar-refractivity contribution in [2.24, 2.45) is 0 Å². The van der Waals surface area contributed by atoms with Crippen molar-refractivity contribution in [3.8, 4) is 0 Å². The molecule has 0 fully saturated rings. The zero-order valence-corrected chi connectivity index (χ0v) is 17.9. The van der Waals surface area contributed by atoms with E-state index in [1.165, 1.54) is 46.5 Å². The predicted octanol–water partition coefficient (Wildman–Crippen LogP) is -0.787. The zero-order valence-electron chi connectivity index (χ0n) is 13.9. The van der Waals surface area contributed by atoms with Crippen molar-refractivity contribution < 1.29 is 49.0 Å². The van der Waals surface area contributed by atoms with Crippen LogP contribution in [0.15, 0.2) is 48.5 Å². The fourth-order valence-electron chi connectivity index (χ4n) is 2.68. The van der Waals surface area contributed by atoms with Crippen LogP contribution in [0.4, 0.5) is 0 Å². The third-order valence-electron chi connectivity index (χ3n) is 3.90. The molecular formula is C21H20Cl2Zr-2. The molecular weight excluding hydrogens is 414 g/mol. The zero-order chi connectivity index (χ0) is 15.9. The molecule has 0 N–H and O–H groups in total. The molecule has 0 heterocycles. The first-order valence-electron chi connectivity index (χ1n) is 7.47. The number of benzene rings is 2. The molecule has 0 aromatic heterocycles. The van der Waals surface area contributed by atoms with Gasteiger partial charge in [0, 0.05) is 0 Å². The normalized spacial score (nSPS) is 17.8. The summed E-state index contributed by atoms with van der Waals surface area (Å²) in [4.78, 5) is 0. The van der Waals surface area contributed by atoms with E-state index in [1.807, 2.05) is 0 Å². The van der Waals surface area contributed by atoms with E-state index >= 15 is 0 Å². The van der Waals surface area contributed by atoms with Crippen LogP contribution in [0.2, 0.25) is 0 Å². The Morgan fingerprint density at radius 2 is 1.04 bits per heavy atom. The molecule has 2 aliphatic rings. The number of fused-ring (bicyclic) bond motifs is 2. The number of hydrogen-bond acceptors (Lipinski definition) is 0. The molecule has 0 nitrogen and oxygen atoms in total. The van der Waals surface area contributed by atoms with Crippen molar-refractivity contribution in [1.82, 2.24) is 0 Å². The molecule has 0 bridgehead atoms. The molecule has 24 heavy (non-hydrogen) atoms. The van der Waals surface area contributed by atoms with Crippen LogP contribution in [0, 0.1) is 12.2 Å².